The molecule has 0 unspecified atom stereocenters. The maximum absolute atomic E-state index is 11.3. The largest absolute Gasteiger partial charge is 0.355 e. The summed E-state index contributed by atoms with van der Waals surface area (Å²) in [4.78, 5) is 11.3. The van der Waals surface area contributed by atoms with Gasteiger partial charge in [0.15, 0.2) is 0 Å². The average molecular weight is 347 g/mol. The van der Waals surface area contributed by atoms with Crippen LogP contribution in [0.25, 0.3) is 0 Å². The molecule has 0 atom stereocenters. The normalized spacial score (nSPS) is 12.2. The Labute approximate surface area is 155 Å². The maximum Gasteiger partial charge on any atom is 0.220 e. The number of hydrogen-bond acceptors (Lipinski definition) is 2. The number of amides is 1. The summed E-state index contributed by atoms with van der Waals surface area (Å²) in [5.41, 5.74) is 5.33. The molecule has 0 aliphatic heterocycles. The molecule has 0 aromatic rings. The van der Waals surface area contributed by atoms with Gasteiger partial charge in [-0.05, 0) is 44.9 Å². The molecule has 142 valence electrons. The standard InChI is InChI=1S/C22H38N2O/c1-2-3-4-5-6-7-8-9-10-11-12-13-14-15-16-17-18-19-22(25)24-21-20-23/h6-7,9-10,12-13,15-16H,2-5,8,11,14,17-21,23H2,1H3,(H,24,25)/b7-6-,10-9-,13-12-,16-15-. The Balaban J connectivity index is 3.44. The van der Waals surface area contributed by atoms with E-state index >= 15 is 0 Å². The van der Waals surface area contributed by atoms with Crippen molar-refractivity contribution in [2.75, 3.05) is 13.1 Å². The Kier molecular flexibility index (Phi) is 19.1. The van der Waals surface area contributed by atoms with Gasteiger partial charge in [0.25, 0.3) is 0 Å². The Morgan fingerprint density at radius 3 is 1.84 bits per heavy atom. The number of hydrogen-bond donors (Lipinski definition) is 2. The van der Waals surface area contributed by atoms with E-state index in [0.29, 0.717) is 19.5 Å². The first-order chi connectivity index (χ1) is 12.3. The quantitative estimate of drug-likeness (QED) is 0.298. The molecular formula is C22H38N2O. The van der Waals surface area contributed by atoms with E-state index in [9.17, 15) is 4.79 Å². The third kappa shape index (κ3) is 20.3. The van der Waals surface area contributed by atoms with Crippen LogP contribution in [0.4, 0.5) is 0 Å². The molecule has 0 aromatic heterocycles. The minimum atomic E-state index is 0.0985. The molecule has 0 saturated heterocycles. The second kappa shape index (κ2) is 20.4. The number of carbonyl (C=O) groups is 1. The molecule has 25 heavy (non-hydrogen) atoms. The van der Waals surface area contributed by atoms with Crippen LogP contribution in [0.2, 0.25) is 0 Å². The van der Waals surface area contributed by atoms with Crippen LogP contribution in [-0.4, -0.2) is 19.0 Å². The van der Waals surface area contributed by atoms with E-state index in [-0.39, 0.29) is 5.91 Å². The molecule has 0 rings (SSSR count). The van der Waals surface area contributed by atoms with Crippen molar-refractivity contribution in [3.63, 3.8) is 0 Å². The van der Waals surface area contributed by atoms with Gasteiger partial charge >= 0.3 is 0 Å². The number of carbonyl (C=O) groups excluding carboxylic acids is 1. The zero-order valence-corrected chi connectivity index (χ0v) is 16.1. The van der Waals surface area contributed by atoms with Gasteiger partial charge in [-0.3, -0.25) is 4.79 Å². The van der Waals surface area contributed by atoms with E-state index in [0.717, 1.165) is 32.1 Å². The summed E-state index contributed by atoms with van der Waals surface area (Å²) >= 11 is 0. The van der Waals surface area contributed by atoms with E-state index in [2.05, 4.69) is 60.8 Å². The van der Waals surface area contributed by atoms with E-state index in [1.807, 2.05) is 0 Å². The lowest BCUT2D eigenvalue weighted by atomic mass is 10.2. The third-order valence-electron chi connectivity index (χ3n) is 3.70. The fourth-order valence-electron chi connectivity index (χ4n) is 2.24. The molecule has 0 radical (unpaired) electrons. The highest BCUT2D eigenvalue weighted by Crippen LogP contribution is 2.01. The lowest BCUT2D eigenvalue weighted by Crippen LogP contribution is -2.28. The number of unbranched alkanes of at least 4 members (excludes halogenated alkanes) is 4. The predicted molar refractivity (Wildman–Crippen MR) is 110 cm³/mol. The van der Waals surface area contributed by atoms with E-state index in [4.69, 9.17) is 5.73 Å². The van der Waals surface area contributed by atoms with Crippen LogP contribution in [0, 0.1) is 0 Å². The zero-order chi connectivity index (χ0) is 18.4. The summed E-state index contributed by atoms with van der Waals surface area (Å²) in [6, 6.07) is 0. The van der Waals surface area contributed by atoms with Crippen molar-refractivity contribution in [1.29, 1.82) is 0 Å². The second-order valence-electron chi connectivity index (χ2n) is 6.12. The first-order valence-electron chi connectivity index (χ1n) is 9.88. The topological polar surface area (TPSA) is 55.1 Å². The number of rotatable bonds is 16. The van der Waals surface area contributed by atoms with Gasteiger partial charge in [0.05, 0.1) is 0 Å². The summed E-state index contributed by atoms with van der Waals surface area (Å²) in [5, 5.41) is 2.78. The molecule has 3 nitrogen and oxygen atoms in total. The van der Waals surface area contributed by atoms with Gasteiger partial charge in [-0.1, -0.05) is 68.4 Å². The van der Waals surface area contributed by atoms with E-state index in [1.165, 1.54) is 25.7 Å². The summed E-state index contributed by atoms with van der Waals surface area (Å²) in [5.74, 6) is 0.0985. The summed E-state index contributed by atoms with van der Waals surface area (Å²) in [6.07, 6.45) is 28.3. The molecule has 0 aliphatic rings. The monoisotopic (exact) mass is 346 g/mol. The van der Waals surface area contributed by atoms with Crippen molar-refractivity contribution in [1.82, 2.24) is 5.32 Å². The van der Waals surface area contributed by atoms with Crippen LogP contribution in [0.5, 0.6) is 0 Å². The van der Waals surface area contributed by atoms with Crippen LogP contribution in [0.15, 0.2) is 48.6 Å². The van der Waals surface area contributed by atoms with Crippen molar-refractivity contribution >= 4 is 5.91 Å². The van der Waals surface area contributed by atoms with Crippen molar-refractivity contribution in [2.45, 2.75) is 71.1 Å². The fraction of sp³-hybridized carbons (Fsp3) is 0.591. The molecular weight excluding hydrogens is 308 g/mol. The van der Waals surface area contributed by atoms with Crippen LogP contribution >= 0.6 is 0 Å². The van der Waals surface area contributed by atoms with Crippen LogP contribution in [-0.2, 0) is 4.79 Å². The second-order valence-corrected chi connectivity index (χ2v) is 6.12. The Morgan fingerprint density at radius 1 is 0.800 bits per heavy atom. The van der Waals surface area contributed by atoms with E-state index in [1.54, 1.807) is 0 Å². The summed E-state index contributed by atoms with van der Waals surface area (Å²) in [6.45, 7) is 3.31. The Hall–Kier alpha value is -1.61. The minimum absolute atomic E-state index is 0.0985. The van der Waals surface area contributed by atoms with Crippen LogP contribution in [0.1, 0.15) is 71.1 Å². The molecule has 0 fully saturated rings. The average Bonchev–Trinajstić information content (AvgIpc) is 2.62. The Morgan fingerprint density at radius 2 is 1.32 bits per heavy atom. The van der Waals surface area contributed by atoms with Gasteiger partial charge in [-0.15, -0.1) is 0 Å². The molecule has 0 spiro atoms. The zero-order valence-electron chi connectivity index (χ0n) is 16.1. The SMILES string of the molecule is CCCCC/C=C\C/C=C\C/C=C\C/C=C\CCCC(=O)NCCN. The number of allylic oxidation sites excluding steroid dienone is 8. The number of nitrogens with one attached hydrogen (secondary N) is 1. The third-order valence-corrected chi connectivity index (χ3v) is 3.70. The minimum Gasteiger partial charge on any atom is -0.355 e. The Bertz CT molecular complexity index is 408. The van der Waals surface area contributed by atoms with Crippen molar-refractivity contribution in [3.8, 4) is 0 Å². The van der Waals surface area contributed by atoms with Crippen molar-refractivity contribution < 1.29 is 4.79 Å². The van der Waals surface area contributed by atoms with Gasteiger partial charge in [-0.25, -0.2) is 0 Å². The van der Waals surface area contributed by atoms with Gasteiger partial charge in [-0.2, -0.15) is 0 Å². The summed E-state index contributed by atoms with van der Waals surface area (Å²) in [7, 11) is 0. The molecule has 0 bridgehead atoms. The highest BCUT2D eigenvalue weighted by molar-refractivity contribution is 5.75. The first kappa shape index (κ1) is 23.4. The molecule has 0 saturated carbocycles. The first-order valence-corrected chi connectivity index (χ1v) is 9.88. The smallest absolute Gasteiger partial charge is 0.220 e. The van der Waals surface area contributed by atoms with Crippen molar-refractivity contribution in [3.05, 3.63) is 48.6 Å². The number of nitrogens with two attached hydrogens (primary N) is 1. The van der Waals surface area contributed by atoms with E-state index < -0.39 is 0 Å². The van der Waals surface area contributed by atoms with Crippen molar-refractivity contribution in [2.24, 2.45) is 5.73 Å². The highest BCUT2D eigenvalue weighted by atomic mass is 16.1. The molecule has 3 N–H and O–H groups in total. The predicted octanol–water partition coefficient (Wildman–Crippen LogP) is 5.21. The van der Waals surface area contributed by atoms with Crippen LogP contribution < -0.4 is 11.1 Å². The van der Waals surface area contributed by atoms with Gasteiger partial charge in [0, 0.05) is 19.5 Å². The molecule has 1 amide bonds. The van der Waals surface area contributed by atoms with Crippen LogP contribution in [0.3, 0.4) is 0 Å². The molecule has 0 aliphatic carbocycles. The summed E-state index contributed by atoms with van der Waals surface area (Å²) < 4.78 is 0. The van der Waals surface area contributed by atoms with Gasteiger partial charge in [0.2, 0.25) is 5.91 Å². The van der Waals surface area contributed by atoms with Gasteiger partial charge < -0.3 is 11.1 Å². The molecule has 3 heteroatoms. The fourth-order valence-corrected chi connectivity index (χ4v) is 2.24. The maximum atomic E-state index is 11.3. The lowest BCUT2D eigenvalue weighted by molar-refractivity contribution is -0.121. The lowest BCUT2D eigenvalue weighted by Gasteiger charge is -2.01. The highest BCUT2D eigenvalue weighted by Gasteiger charge is 1.97. The van der Waals surface area contributed by atoms with Gasteiger partial charge in [0.1, 0.15) is 0 Å². The molecule has 0 aromatic carbocycles. The molecule has 0 heterocycles.